The van der Waals surface area contributed by atoms with Gasteiger partial charge in [-0.05, 0) is 18.2 Å². The molecule has 0 aromatic heterocycles. The second kappa shape index (κ2) is 6.55. The van der Waals surface area contributed by atoms with Crippen LogP contribution in [0.4, 0.5) is 9.18 Å². The van der Waals surface area contributed by atoms with Crippen LogP contribution in [0.1, 0.15) is 5.56 Å². The summed E-state index contributed by atoms with van der Waals surface area (Å²) in [5.41, 5.74) is 0.620. The molecule has 0 radical (unpaired) electrons. The normalized spacial score (nSPS) is 18.5. The number of rotatable bonds is 0. The molecule has 2 amide bonds. The number of hydrogen-bond acceptors (Lipinski definition) is 2. The minimum absolute atomic E-state index is 0.0966. The van der Waals surface area contributed by atoms with E-state index >= 15 is 0 Å². The molecule has 0 atom stereocenters. The number of carbonyl (C=O) groups is 1. The van der Waals surface area contributed by atoms with Gasteiger partial charge in [-0.3, -0.25) is 0 Å². The number of urea groups is 1. The number of hydrogen-bond donors (Lipinski definition) is 1. The summed E-state index contributed by atoms with van der Waals surface area (Å²) < 4.78 is 13.0. The molecule has 2 aliphatic rings. The maximum atomic E-state index is 13.0. The molecule has 2 saturated heterocycles. The lowest BCUT2D eigenvalue weighted by Crippen LogP contribution is -2.57. The van der Waals surface area contributed by atoms with Gasteiger partial charge in [0.1, 0.15) is 5.82 Å². The van der Waals surface area contributed by atoms with Crippen LogP contribution >= 0.6 is 11.6 Å². The lowest BCUT2D eigenvalue weighted by molar-refractivity contribution is 0.105. The van der Waals surface area contributed by atoms with E-state index < -0.39 is 0 Å². The van der Waals surface area contributed by atoms with E-state index in [-0.39, 0.29) is 17.8 Å². The van der Waals surface area contributed by atoms with Crippen LogP contribution in [0.15, 0.2) is 18.2 Å². The monoisotopic (exact) mass is 321 g/mol. The Morgan fingerprint density at radius 2 is 2.00 bits per heavy atom. The zero-order valence-electron chi connectivity index (χ0n) is 12.1. The van der Waals surface area contributed by atoms with E-state index in [1.807, 2.05) is 9.80 Å². The highest BCUT2D eigenvalue weighted by molar-refractivity contribution is 6.31. The van der Waals surface area contributed by atoms with Crippen molar-refractivity contribution in [3.8, 4) is 11.8 Å². The molecule has 2 heterocycles. The Hall–Kier alpha value is -1.77. The number of amides is 2. The summed E-state index contributed by atoms with van der Waals surface area (Å²) in [6.07, 6.45) is 0. The SMILES string of the molecule is O=C(N1CCNCC1)N1CC(C#Cc2ccc(F)cc2Cl)C1. The molecule has 3 rings (SSSR count). The van der Waals surface area contributed by atoms with Gasteiger partial charge in [0.05, 0.1) is 10.9 Å². The Balaban J connectivity index is 1.53. The van der Waals surface area contributed by atoms with Gasteiger partial charge in [-0.25, -0.2) is 9.18 Å². The van der Waals surface area contributed by atoms with Gasteiger partial charge in [0, 0.05) is 44.8 Å². The zero-order valence-corrected chi connectivity index (χ0v) is 12.9. The third kappa shape index (κ3) is 3.34. The molecule has 4 nitrogen and oxygen atoms in total. The maximum absolute atomic E-state index is 13.0. The summed E-state index contributed by atoms with van der Waals surface area (Å²) in [4.78, 5) is 15.9. The first-order chi connectivity index (χ1) is 10.6. The molecule has 1 aromatic carbocycles. The lowest BCUT2D eigenvalue weighted by atomic mass is 10.0. The van der Waals surface area contributed by atoms with Gasteiger partial charge in [0.25, 0.3) is 0 Å². The highest BCUT2D eigenvalue weighted by atomic mass is 35.5. The molecular formula is C16H17ClFN3O. The summed E-state index contributed by atoms with van der Waals surface area (Å²) in [6, 6.07) is 4.27. The number of likely N-dealkylation sites (tertiary alicyclic amines) is 1. The van der Waals surface area contributed by atoms with Crippen molar-refractivity contribution >= 4 is 17.6 Å². The lowest BCUT2D eigenvalue weighted by Gasteiger charge is -2.40. The number of halogens is 2. The summed E-state index contributed by atoms with van der Waals surface area (Å²) in [5.74, 6) is 5.86. The first kappa shape index (κ1) is 15.1. The van der Waals surface area contributed by atoms with E-state index in [0.717, 1.165) is 26.2 Å². The van der Waals surface area contributed by atoms with Crippen LogP contribution in [0.25, 0.3) is 0 Å². The van der Waals surface area contributed by atoms with E-state index in [1.54, 1.807) is 6.07 Å². The molecule has 0 unspecified atom stereocenters. The molecule has 0 saturated carbocycles. The van der Waals surface area contributed by atoms with Gasteiger partial charge in [-0.15, -0.1) is 0 Å². The molecule has 22 heavy (non-hydrogen) atoms. The van der Waals surface area contributed by atoms with Gasteiger partial charge in [0.15, 0.2) is 0 Å². The Bertz CT molecular complexity index is 628. The third-order valence-electron chi connectivity index (χ3n) is 3.88. The topological polar surface area (TPSA) is 35.6 Å². The van der Waals surface area contributed by atoms with Crippen molar-refractivity contribution in [3.05, 3.63) is 34.6 Å². The molecule has 116 valence electrons. The molecule has 2 fully saturated rings. The molecule has 1 aromatic rings. The highest BCUT2D eigenvalue weighted by Gasteiger charge is 2.32. The van der Waals surface area contributed by atoms with Crippen LogP contribution in [0.2, 0.25) is 5.02 Å². The first-order valence-electron chi connectivity index (χ1n) is 7.34. The fourth-order valence-electron chi connectivity index (χ4n) is 2.55. The summed E-state index contributed by atoms with van der Waals surface area (Å²) in [7, 11) is 0. The van der Waals surface area contributed by atoms with Gasteiger partial charge in [-0.1, -0.05) is 23.4 Å². The number of piperazine rings is 1. The van der Waals surface area contributed by atoms with Crippen molar-refractivity contribution in [3.63, 3.8) is 0 Å². The Labute approximate surface area is 134 Å². The molecule has 0 spiro atoms. The van der Waals surface area contributed by atoms with Gasteiger partial charge in [0.2, 0.25) is 0 Å². The van der Waals surface area contributed by atoms with Crippen molar-refractivity contribution in [2.24, 2.45) is 5.92 Å². The highest BCUT2D eigenvalue weighted by Crippen LogP contribution is 2.19. The fourth-order valence-corrected chi connectivity index (χ4v) is 2.77. The van der Waals surface area contributed by atoms with Crippen LogP contribution in [0, 0.1) is 23.6 Å². The maximum Gasteiger partial charge on any atom is 0.320 e. The summed E-state index contributed by atoms with van der Waals surface area (Å²) in [5, 5.41) is 3.55. The summed E-state index contributed by atoms with van der Waals surface area (Å²) in [6.45, 7) is 4.52. The van der Waals surface area contributed by atoms with Crippen LogP contribution in [0.5, 0.6) is 0 Å². The molecule has 2 aliphatic heterocycles. The predicted octanol–water partition coefficient (Wildman–Crippen LogP) is 1.79. The van der Waals surface area contributed by atoms with Gasteiger partial charge < -0.3 is 15.1 Å². The number of nitrogens with zero attached hydrogens (tertiary/aromatic N) is 2. The number of carbonyl (C=O) groups excluding carboxylic acids is 1. The molecule has 0 bridgehead atoms. The Morgan fingerprint density at radius 3 is 2.68 bits per heavy atom. The van der Waals surface area contributed by atoms with Gasteiger partial charge in [-0.2, -0.15) is 0 Å². The van der Waals surface area contributed by atoms with Crippen LogP contribution in [-0.2, 0) is 0 Å². The largest absolute Gasteiger partial charge is 0.322 e. The van der Waals surface area contributed by atoms with Crippen molar-refractivity contribution in [2.45, 2.75) is 0 Å². The second-order valence-electron chi connectivity index (χ2n) is 5.52. The Morgan fingerprint density at radius 1 is 1.27 bits per heavy atom. The smallest absolute Gasteiger partial charge is 0.320 e. The third-order valence-corrected chi connectivity index (χ3v) is 4.19. The second-order valence-corrected chi connectivity index (χ2v) is 5.92. The minimum Gasteiger partial charge on any atom is -0.322 e. The van der Waals surface area contributed by atoms with E-state index in [2.05, 4.69) is 17.2 Å². The van der Waals surface area contributed by atoms with Crippen LogP contribution in [-0.4, -0.2) is 55.1 Å². The minimum atomic E-state index is -0.369. The van der Waals surface area contributed by atoms with Crippen molar-refractivity contribution in [1.29, 1.82) is 0 Å². The fraction of sp³-hybridized carbons (Fsp3) is 0.438. The molecule has 1 N–H and O–H groups in total. The quantitative estimate of drug-likeness (QED) is 0.740. The Kier molecular flexibility index (Phi) is 4.51. The van der Waals surface area contributed by atoms with E-state index in [0.29, 0.717) is 23.7 Å². The van der Waals surface area contributed by atoms with Crippen LogP contribution in [0.3, 0.4) is 0 Å². The molecule has 6 heteroatoms. The van der Waals surface area contributed by atoms with Crippen molar-refractivity contribution in [2.75, 3.05) is 39.3 Å². The first-order valence-corrected chi connectivity index (χ1v) is 7.72. The molecular weight excluding hydrogens is 305 g/mol. The van der Waals surface area contributed by atoms with E-state index in [4.69, 9.17) is 11.6 Å². The van der Waals surface area contributed by atoms with Gasteiger partial charge >= 0.3 is 6.03 Å². The zero-order chi connectivity index (χ0) is 15.5. The van der Waals surface area contributed by atoms with Crippen LogP contribution < -0.4 is 5.32 Å². The number of benzene rings is 1. The van der Waals surface area contributed by atoms with Crippen molar-refractivity contribution in [1.82, 2.24) is 15.1 Å². The average molecular weight is 322 g/mol. The standard InChI is InChI=1S/C16H17ClFN3O/c17-15-9-14(18)4-3-13(15)2-1-12-10-21(11-12)16(22)20-7-5-19-6-8-20/h3-4,9,12,19H,5-8,10-11H2. The van der Waals surface area contributed by atoms with E-state index in [1.165, 1.54) is 12.1 Å². The van der Waals surface area contributed by atoms with Crippen molar-refractivity contribution < 1.29 is 9.18 Å². The van der Waals surface area contributed by atoms with E-state index in [9.17, 15) is 9.18 Å². The predicted molar refractivity (Wildman–Crippen MR) is 83.2 cm³/mol. The molecule has 0 aliphatic carbocycles. The summed E-state index contributed by atoms with van der Waals surface area (Å²) >= 11 is 5.94. The number of nitrogens with one attached hydrogen (secondary N) is 1. The average Bonchev–Trinajstić information content (AvgIpc) is 2.48.